The number of hydrogen-bond donors (Lipinski definition) is 1. The number of rotatable bonds is 5. The summed E-state index contributed by atoms with van der Waals surface area (Å²) in [7, 11) is 0. The Bertz CT molecular complexity index is 1290. The molecule has 1 atom stereocenters. The van der Waals surface area contributed by atoms with Gasteiger partial charge in [-0.2, -0.15) is 0 Å². The number of pyridine rings is 1. The summed E-state index contributed by atoms with van der Waals surface area (Å²) >= 11 is 0. The van der Waals surface area contributed by atoms with E-state index in [0.29, 0.717) is 48.5 Å². The SMILES string of the molecule is Cc1c(=O)n(C23CC(F)(C2)C3)cc2c(NC(C)c3cccc(C(C)(F)F)c3F)ncnc12. The monoisotopic (exact) mass is 446 g/mol. The summed E-state index contributed by atoms with van der Waals surface area (Å²) in [5.74, 6) is -3.95. The third-order valence-corrected chi connectivity index (χ3v) is 6.81. The van der Waals surface area contributed by atoms with Crippen molar-refractivity contribution in [2.24, 2.45) is 0 Å². The second-order valence-electron chi connectivity index (χ2n) is 9.28. The van der Waals surface area contributed by atoms with Crippen LogP contribution in [-0.4, -0.2) is 20.2 Å². The summed E-state index contributed by atoms with van der Waals surface area (Å²) in [6.45, 7) is 3.95. The molecular formula is C23H22F4N4O. The van der Waals surface area contributed by atoms with E-state index in [2.05, 4.69) is 15.3 Å². The summed E-state index contributed by atoms with van der Waals surface area (Å²) in [5.41, 5.74) is -1.67. The maximum atomic E-state index is 14.8. The lowest BCUT2D eigenvalue weighted by Gasteiger charge is -2.66. The summed E-state index contributed by atoms with van der Waals surface area (Å²) in [6.07, 6.45) is 3.84. The van der Waals surface area contributed by atoms with E-state index in [9.17, 15) is 22.4 Å². The van der Waals surface area contributed by atoms with Crippen LogP contribution in [0.2, 0.25) is 0 Å². The molecule has 5 nitrogen and oxygen atoms in total. The van der Waals surface area contributed by atoms with Crippen molar-refractivity contribution in [3.63, 3.8) is 0 Å². The zero-order valence-electron chi connectivity index (χ0n) is 17.8. The minimum atomic E-state index is -3.31. The first kappa shape index (κ1) is 20.9. The quantitative estimate of drug-likeness (QED) is 0.553. The number of nitrogens with zero attached hydrogens (tertiary/aromatic N) is 3. The zero-order chi connectivity index (χ0) is 23.1. The van der Waals surface area contributed by atoms with E-state index in [4.69, 9.17) is 0 Å². The molecule has 1 N–H and O–H groups in total. The first-order valence-corrected chi connectivity index (χ1v) is 10.4. The third kappa shape index (κ3) is 2.93. The predicted molar refractivity (Wildman–Crippen MR) is 112 cm³/mol. The second kappa shape index (κ2) is 6.52. The molecule has 3 fully saturated rings. The average Bonchev–Trinajstić information content (AvgIpc) is 2.67. The van der Waals surface area contributed by atoms with E-state index < -0.39 is 34.6 Å². The van der Waals surface area contributed by atoms with Crippen LogP contribution in [0.1, 0.15) is 55.8 Å². The van der Waals surface area contributed by atoms with Crippen molar-refractivity contribution in [1.82, 2.24) is 14.5 Å². The van der Waals surface area contributed by atoms with Crippen LogP contribution in [0, 0.1) is 12.7 Å². The molecule has 0 aliphatic heterocycles. The lowest BCUT2D eigenvalue weighted by Crippen LogP contribution is -2.71. The molecule has 9 heteroatoms. The standard InChI is InChI=1S/C23H22F4N4O/c1-12-18-15(7-31(20(12)32)23-8-22(27,9-23)10-23)19(29-11-28-18)30-13(2)14-5-4-6-16(17(14)24)21(3,25)26/h4-7,11,13H,8-10H2,1-3H3,(H,28,29,30). The lowest BCUT2D eigenvalue weighted by atomic mass is 9.47. The van der Waals surface area contributed by atoms with Crippen molar-refractivity contribution < 1.29 is 17.6 Å². The highest BCUT2D eigenvalue weighted by molar-refractivity contribution is 5.90. The summed E-state index contributed by atoms with van der Waals surface area (Å²) in [6, 6.07) is 3.20. The number of aromatic nitrogens is 3. The number of hydrogen-bond acceptors (Lipinski definition) is 4. The number of fused-ring (bicyclic) bond motifs is 1. The van der Waals surface area contributed by atoms with Crippen LogP contribution in [0.4, 0.5) is 23.4 Å². The third-order valence-electron chi connectivity index (χ3n) is 6.81. The molecule has 0 amide bonds. The summed E-state index contributed by atoms with van der Waals surface area (Å²) in [4.78, 5) is 21.4. The Labute approximate surface area is 181 Å². The number of nitrogens with one attached hydrogen (secondary N) is 1. The smallest absolute Gasteiger partial charge is 0.273 e. The van der Waals surface area contributed by atoms with Gasteiger partial charge in [0.05, 0.1) is 28.0 Å². The summed E-state index contributed by atoms with van der Waals surface area (Å²) < 4.78 is 58.0. The van der Waals surface area contributed by atoms with Crippen molar-refractivity contribution in [1.29, 1.82) is 0 Å². The van der Waals surface area contributed by atoms with Gasteiger partial charge < -0.3 is 9.88 Å². The highest BCUT2D eigenvalue weighted by Crippen LogP contribution is 2.67. The van der Waals surface area contributed by atoms with Crippen LogP contribution in [0.25, 0.3) is 10.9 Å². The highest BCUT2D eigenvalue weighted by Gasteiger charge is 2.70. The molecule has 168 valence electrons. The molecule has 3 saturated carbocycles. The van der Waals surface area contributed by atoms with Gasteiger partial charge in [-0.05, 0) is 13.8 Å². The van der Waals surface area contributed by atoms with Crippen molar-refractivity contribution in [3.8, 4) is 0 Å². The van der Waals surface area contributed by atoms with Crippen molar-refractivity contribution in [3.05, 3.63) is 63.6 Å². The Morgan fingerprint density at radius 1 is 1.22 bits per heavy atom. The molecule has 3 aromatic rings. The number of halogens is 4. The van der Waals surface area contributed by atoms with Crippen molar-refractivity contribution in [2.45, 2.75) is 63.2 Å². The molecule has 3 aliphatic carbocycles. The molecule has 32 heavy (non-hydrogen) atoms. The molecule has 2 bridgehead atoms. The van der Waals surface area contributed by atoms with Crippen LogP contribution in [0.5, 0.6) is 0 Å². The Morgan fingerprint density at radius 3 is 2.53 bits per heavy atom. The molecule has 6 rings (SSSR count). The minimum absolute atomic E-state index is 0.0691. The molecule has 2 aromatic heterocycles. The molecule has 1 unspecified atom stereocenters. The second-order valence-corrected chi connectivity index (χ2v) is 9.28. The number of anilines is 1. The minimum Gasteiger partial charge on any atom is -0.363 e. The van der Waals surface area contributed by atoms with Crippen LogP contribution in [-0.2, 0) is 11.5 Å². The fourth-order valence-corrected chi connectivity index (χ4v) is 5.13. The van der Waals surface area contributed by atoms with Crippen LogP contribution >= 0.6 is 0 Å². The van der Waals surface area contributed by atoms with Gasteiger partial charge in [-0.25, -0.2) is 27.5 Å². The molecule has 0 saturated heterocycles. The van der Waals surface area contributed by atoms with E-state index in [1.807, 2.05) is 0 Å². The van der Waals surface area contributed by atoms with Gasteiger partial charge in [0.2, 0.25) is 0 Å². The van der Waals surface area contributed by atoms with Crippen molar-refractivity contribution >= 4 is 16.7 Å². The topological polar surface area (TPSA) is 59.8 Å². The lowest BCUT2D eigenvalue weighted by molar-refractivity contribution is -0.199. The van der Waals surface area contributed by atoms with Gasteiger partial charge in [0.25, 0.3) is 11.5 Å². The largest absolute Gasteiger partial charge is 0.363 e. The molecule has 0 spiro atoms. The molecule has 3 aliphatic rings. The fraction of sp³-hybridized carbons (Fsp3) is 0.435. The van der Waals surface area contributed by atoms with E-state index in [0.717, 1.165) is 6.07 Å². The van der Waals surface area contributed by atoms with Gasteiger partial charge in [0, 0.05) is 43.5 Å². The van der Waals surface area contributed by atoms with E-state index in [-0.39, 0.29) is 11.1 Å². The summed E-state index contributed by atoms with van der Waals surface area (Å²) in [5, 5.41) is 3.61. The first-order chi connectivity index (χ1) is 14.9. The van der Waals surface area contributed by atoms with Gasteiger partial charge in [-0.15, -0.1) is 0 Å². The van der Waals surface area contributed by atoms with Gasteiger partial charge in [-0.1, -0.05) is 18.2 Å². The zero-order valence-corrected chi connectivity index (χ0v) is 17.8. The van der Waals surface area contributed by atoms with Gasteiger partial charge in [-0.3, -0.25) is 4.79 Å². The van der Waals surface area contributed by atoms with Crippen LogP contribution in [0.15, 0.2) is 35.5 Å². The van der Waals surface area contributed by atoms with E-state index in [1.54, 1.807) is 24.6 Å². The Hall–Kier alpha value is -2.97. The van der Waals surface area contributed by atoms with Crippen molar-refractivity contribution in [2.75, 3.05) is 5.32 Å². The molecule has 2 heterocycles. The van der Waals surface area contributed by atoms with Gasteiger partial charge >= 0.3 is 0 Å². The van der Waals surface area contributed by atoms with E-state index >= 15 is 0 Å². The first-order valence-electron chi connectivity index (χ1n) is 10.4. The fourth-order valence-electron chi connectivity index (χ4n) is 5.13. The maximum Gasteiger partial charge on any atom is 0.273 e. The molecule has 1 aromatic carbocycles. The van der Waals surface area contributed by atoms with E-state index in [1.165, 1.54) is 18.5 Å². The van der Waals surface area contributed by atoms with Crippen LogP contribution in [0.3, 0.4) is 0 Å². The Morgan fingerprint density at radius 2 is 1.91 bits per heavy atom. The number of benzene rings is 1. The maximum absolute atomic E-state index is 14.8. The number of alkyl halides is 3. The normalized spacial score (nSPS) is 25.2. The number of aryl methyl sites for hydroxylation is 1. The molecule has 0 radical (unpaired) electrons. The average molecular weight is 446 g/mol. The molecular weight excluding hydrogens is 424 g/mol. The Kier molecular flexibility index (Phi) is 4.26. The van der Waals surface area contributed by atoms with Crippen LogP contribution < -0.4 is 10.9 Å². The highest BCUT2D eigenvalue weighted by atomic mass is 19.3. The predicted octanol–water partition coefficient (Wildman–Crippen LogP) is 5.12. The van der Waals surface area contributed by atoms with Gasteiger partial charge in [0.1, 0.15) is 23.6 Å². The van der Waals surface area contributed by atoms with Gasteiger partial charge in [0.15, 0.2) is 0 Å². The Balaban J connectivity index is 1.56.